The normalized spacial score (nSPS) is 10.9. The van der Waals surface area contributed by atoms with Crippen molar-refractivity contribution < 1.29 is 9.53 Å². The molecule has 2 aromatic heterocycles. The van der Waals surface area contributed by atoms with Gasteiger partial charge >= 0.3 is 0 Å². The van der Waals surface area contributed by atoms with Crippen LogP contribution in [0.15, 0.2) is 30.5 Å². The molecule has 3 aromatic rings. The van der Waals surface area contributed by atoms with Crippen molar-refractivity contribution in [3.63, 3.8) is 0 Å². The Hall–Kier alpha value is -2.60. The van der Waals surface area contributed by atoms with E-state index in [2.05, 4.69) is 10.1 Å². The molecule has 1 aromatic carbocycles. The highest BCUT2D eigenvalue weighted by molar-refractivity contribution is 6.34. The molecule has 6 nitrogen and oxygen atoms in total. The van der Waals surface area contributed by atoms with Gasteiger partial charge in [-0.15, -0.1) is 0 Å². The van der Waals surface area contributed by atoms with Crippen LogP contribution in [0.4, 0.5) is 5.69 Å². The summed E-state index contributed by atoms with van der Waals surface area (Å²) in [5, 5.41) is 5.07. The highest BCUT2D eigenvalue weighted by Gasteiger charge is 2.17. The number of anilines is 1. The first kappa shape index (κ1) is 15.3. The molecule has 0 spiro atoms. The number of fused-ring (bicyclic) bond motifs is 1. The monoisotopic (exact) mass is 330 g/mol. The molecule has 0 unspecified atom stereocenters. The average Bonchev–Trinajstić information content (AvgIpc) is 2.90. The van der Waals surface area contributed by atoms with Crippen LogP contribution in [0.2, 0.25) is 5.15 Å². The zero-order chi connectivity index (χ0) is 16.6. The van der Waals surface area contributed by atoms with Gasteiger partial charge in [-0.3, -0.25) is 9.48 Å². The Labute approximate surface area is 137 Å². The Balaban J connectivity index is 1.99. The molecular formula is C16H15ClN4O2. The molecule has 3 rings (SSSR count). The third-order valence-electron chi connectivity index (χ3n) is 3.57. The Kier molecular flexibility index (Phi) is 3.92. The lowest BCUT2D eigenvalue weighted by atomic mass is 10.1. The topological polar surface area (TPSA) is 83.0 Å². The highest BCUT2D eigenvalue weighted by Crippen LogP contribution is 2.28. The fraction of sp³-hybridized carbons (Fsp3) is 0.188. The number of methoxy groups -OCH3 is 1. The number of Topliss-reactive ketones (excluding diaryl/α,β-unsaturated/α-hetero) is 1. The number of carbonyl (C=O) groups excluding carboxylic acids is 1. The minimum Gasteiger partial charge on any atom is -0.497 e. The van der Waals surface area contributed by atoms with Crippen LogP contribution in [0.1, 0.15) is 22.8 Å². The second kappa shape index (κ2) is 5.89. The fourth-order valence-electron chi connectivity index (χ4n) is 2.41. The standard InChI is InChI=1S/C16H15ClN4O2/c1-9(22)13-14(18)12-8-21(20-16(12)19-15(13)17)7-10-3-5-11(23-2)6-4-10/h3-6,8H,7,18H2,1-2H3. The summed E-state index contributed by atoms with van der Waals surface area (Å²) in [6.45, 7) is 1.96. The van der Waals surface area contributed by atoms with Crippen molar-refractivity contribution in [1.82, 2.24) is 14.8 Å². The number of carbonyl (C=O) groups is 1. The van der Waals surface area contributed by atoms with E-state index >= 15 is 0 Å². The van der Waals surface area contributed by atoms with Crippen LogP contribution >= 0.6 is 11.6 Å². The quantitative estimate of drug-likeness (QED) is 0.587. The van der Waals surface area contributed by atoms with E-state index in [9.17, 15) is 4.79 Å². The number of hydrogen-bond donors (Lipinski definition) is 1. The zero-order valence-corrected chi connectivity index (χ0v) is 13.5. The van der Waals surface area contributed by atoms with Gasteiger partial charge in [0, 0.05) is 6.20 Å². The van der Waals surface area contributed by atoms with Gasteiger partial charge in [0.25, 0.3) is 0 Å². The summed E-state index contributed by atoms with van der Waals surface area (Å²) in [4.78, 5) is 15.8. The summed E-state index contributed by atoms with van der Waals surface area (Å²) in [5.41, 5.74) is 8.08. The Bertz CT molecular complexity index is 887. The molecule has 0 saturated heterocycles. The maximum atomic E-state index is 11.6. The van der Waals surface area contributed by atoms with Crippen LogP contribution in [0.25, 0.3) is 11.0 Å². The van der Waals surface area contributed by atoms with Crippen LogP contribution < -0.4 is 10.5 Å². The van der Waals surface area contributed by atoms with E-state index in [1.807, 2.05) is 24.3 Å². The van der Waals surface area contributed by atoms with E-state index in [1.165, 1.54) is 6.92 Å². The Morgan fingerprint density at radius 2 is 2.04 bits per heavy atom. The van der Waals surface area contributed by atoms with Crippen molar-refractivity contribution in [2.75, 3.05) is 12.8 Å². The number of ketones is 1. The third kappa shape index (κ3) is 2.85. The van der Waals surface area contributed by atoms with Crippen molar-refractivity contribution >= 4 is 34.1 Å². The largest absolute Gasteiger partial charge is 0.497 e. The third-order valence-corrected chi connectivity index (χ3v) is 3.84. The molecule has 0 aliphatic heterocycles. The zero-order valence-electron chi connectivity index (χ0n) is 12.7. The van der Waals surface area contributed by atoms with Crippen molar-refractivity contribution in [2.24, 2.45) is 0 Å². The molecule has 7 heteroatoms. The number of hydrogen-bond acceptors (Lipinski definition) is 5. The van der Waals surface area contributed by atoms with Gasteiger partial charge in [-0.1, -0.05) is 23.7 Å². The van der Waals surface area contributed by atoms with Gasteiger partial charge in [0.1, 0.15) is 10.9 Å². The van der Waals surface area contributed by atoms with Crippen molar-refractivity contribution in [1.29, 1.82) is 0 Å². The lowest BCUT2D eigenvalue weighted by Crippen LogP contribution is -2.03. The van der Waals surface area contributed by atoms with E-state index in [-0.39, 0.29) is 16.5 Å². The Morgan fingerprint density at radius 3 is 2.65 bits per heavy atom. The van der Waals surface area contributed by atoms with E-state index < -0.39 is 0 Å². The van der Waals surface area contributed by atoms with Crippen LogP contribution in [-0.2, 0) is 6.54 Å². The molecule has 0 amide bonds. The lowest BCUT2D eigenvalue weighted by molar-refractivity contribution is 0.101. The molecule has 23 heavy (non-hydrogen) atoms. The second-order valence-electron chi connectivity index (χ2n) is 5.16. The molecule has 0 radical (unpaired) electrons. The van der Waals surface area contributed by atoms with Crippen LogP contribution in [0, 0.1) is 0 Å². The molecule has 2 heterocycles. The number of nitrogens with zero attached hydrogens (tertiary/aromatic N) is 3. The molecule has 0 fully saturated rings. The maximum absolute atomic E-state index is 11.6. The van der Waals surface area contributed by atoms with Gasteiger partial charge in [-0.25, -0.2) is 4.98 Å². The first-order valence-electron chi connectivity index (χ1n) is 6.95. The second-order valence-corrected chi connectivity index (χ2v) is 5.52. The molecule has 0 saturated carbocycles. The van der Waals surface area contributed by atoms with Crippen molar-refractivity contribution in [3.8, 4) is 5.75 Å². The van der Waals surface area contributed by atoms with Gasteiger partial charge in [0.2, 0.25) is 0 Å². The van der Waals surface area contributed by atoms with E-state index in [0.717, 1.165) is 11.3 Å². The van der Waals surface area contributed by atoms with Gasteiger partial charge in [-0.05, 0) is 24.6 Å². The van der Waals surface area contributed by atoms with Crippen LogP contribution in [-0.4, -0.2) is 27.7 Å². The van der Waals surface area contributed by atoms with Gasteiger partial charge < -0.3 is 10.5 Å². The number of benzene rings is 1. The van der Waals surface area contributed by atoms with Gasteiger partial charge in [-0.2, -0.15) is 5.10 Å². The lowest BCUT2D eigenvalue weighted by Gasteiger charge is -2.03. The summed E-state index contributed by atoms with van der Waals surface area (Å²) in [6.07, 6.45) is 1.77. The van der Waals surface area contributed by atoms with Gasteiger partial charge in [0.15, 0.2) is 11.4 Å². The summed E-state index contributed by atoms with van der Waals surface area (Å²) >= 11 is 6.03. The number of ether oxygens (including phenoxy) is 1. The number of nitrogens with two attached hydrogens (primary N) is 1. The molecule has 0 atom stereocenters. The SMILES string of the molecule is COc1ccc(Cn2cc3c(N)c(C(C)=O)c(Cl)nc3n2)cc1. The van der Waals surface area contributed by atoms with E-state index in [1.54, 1.807) is 18.0 Å². The number of pyridine rings is 1. The number of rotatable bonds is 4. The minimum atomic E-state index is -0.218. The number of nitrogen functional groups attached to an aromatic ring is 1. The van der Waals surface area contributed by atoms with Crippen molar-refractivity contribution in [3.05, 3.63) is 46.7 Å². The molecule has 2 N–H and O–H groups in total. The molecule has 0 aliphatic carbocycles. The maximum Gasteiger partial charge on any atom is 0.184 e. The first-order chi connectivity index (χ1) is 11.0. The summed E-state index contributed by atoms with van der Waals surface area (Å²) in [5.74, 6) is 0.577. The number of aromatic nitrogens is 3. The fourth-order valence-corrected chi connectivity index (χ4v) is 2.73. The summed E-state index contributed by atoms with van der Waals surface area (Å²) in [7, 11) is 1.63. The van der Waals surface area contributed by atoms with E-state index in [4.69, 9.17) is 22.1 Å². The number of halogens is 1. The predicted octanol–water partition coefficient (Wildman–Crippen LogP) is 2.93. The summed E-state index contributed by atoms with van der Waals surface area (Å²) in [6, 6.07) is 7.68. The van der Waals surface area contributed by atoms with Crippen LogP contribution in [0.5, 0.6) is 5.75 Å². The van der Waals surface area contributed by atoms with Gasteiger partial charge in [0.05, 0.1) is 30.3 Å². The highest BCUT2D eigenvalue weighted by atomic mass is 35.5. The molecular weight excluding hydrogens is 316 g/mol. The Morgan fingerprint density at radius 1 is 1.35 bits per heavy atom. The predicted molar refractivity (Wildman–Crippen MR) is 89.1 cm³/mol. The minimum absolute atomic E-state index is 0.0807. The molecule has 0 bridgehead atoms. The molecule has 118 valence electrons. The average molecular weight is 331 g/mol. The summed E-state index contributed by atoms with van der Waals surface area (Å²) < 4.78 is 6.85. The van der Waals surface area contributed by atoms with Crippen LogP contribution in [0.3, 0.4) is 0 Å². The van der Waals surface area contributed by atoms with E-state index in [0.29, 0.717) is 23.3 Å². The first-order valence-corrected chi connectivity index (χ1v) is 7.33. The molecule has 0 aliphatic rings. The van der Waals surface area contributed by atoms with Crippen molar-refractivity contribution in [2.45, 2.75) is 13.5 Å². The smallest absolute Gasteiger partial charge is 0.184 e.